The van der Waals surface area contributed by atoms with Crippen molar-refractivity contribution in [1.82, 2.24) is 9.29 Å². The van der Waals surface area contributed by atoms with Crippen LogP contribution in [0.2, 0.25) is 0 Å². The van der Waals surface area contributed by atoms with Gasteiger partial charge in [0.25, 0.3) is 10.0 Å². The quantitative estimate of drug-likeness (QED) is 0.919. The van der Waals surface area contributed by atoms with E-state index in [9.17, 15) is 8.42 Å². The molecule has 1 N–H and O–H groups in total. The minimum atomic E-state index is -3.50. The third-order valence-electron chi connectivity index (χ3n) is 3.97. The second kappa shape index (κ2) is 6.65. The van der Waals surface area contributed by atoms with E-state index in [0.717, 1.165) is 25.7 Å². The summed E-state index contributed by atoms with van der Waals surface area (Å²) in [6.07, 6.45) is 5.45. The molecule has 112 valence electrons. The molecule has 0 radical (unpaired) electrons. The Kier molecular flexibility index (Phi) is 5.12. The van der Waals surface area contributed by atoms with Crippen LogP contribution in [0.3, 0.4) is 0 Å². The lowest BCUT2D eigenvalue weighted by Gasteiger charge is -2.19. The summed E-state index contributed by atoms with van der Waals surface area (Å²) in [6.45, 7) is 3.17. The molecule has 0 saturated carbocycles. The first-order chi connectivity index (χ1) is 9.57. The van der Waals surface area contributed by atoms with E-state index < -0.39 is 10.0 Å². The van der Waals surface area contributed by atoms with Gasteiger partial charge in [-0.1, -0.05) is 19.4 Å². The van der Waals surface area contributed by atoms with Crippen LogP contribution >= 0.6 is 0 Å². The molecule has 0 amide bonds. The fraction of sp³-hybridized carbons (Fsp3) is 0.643. The Bertz CT molecular complexity index is 528. The number of sulfonamides is 1. The van der Waals surface area contributed by atoms with E-state index in [1.165, 1.54) is 12.3 Å². The molecular weight excluding hydrogens is 276 g/mol. The highest BCUT2D eigenvalue weighted by molar-refractivity contribution is 7.89. The third-order valence-corrected chi connectivity index (χ3v) is 5.78. The van der Waals surface area contributed by atoms with E-state index in [1.807, 2.05) is 0 Å². The second-order valence-corrected chi connectivity index (χ2v) is 7.16. The van der Waals surface area contributed by atoms with Crippen LogP contribution in [-0.2, 0) is 16.6 Å². The van der Waals surface area contributed by atoms with Crippen LogP contribution in [0.5, 0.6) is 0 Å². The van der Waals surface area contributed by atoms with E-state index in [-0.39, 0.29) is 11.6 Å². The van der Waals surface area contributed by atoms with Crippen molar-refractivity contribution in [3.63, 3.8) is 0 Å². The first kappa shape index (κ1) is 15.4. The van der Waals surface area contributed by atoms with Gasteiger partial charge in [0, 0.05) is 19.3 Å². The highest BCUT2D eigenvalue weighted by Crippen LogP contribution is 2.24. The van der Waals surface area contributed by atoms with Gasteiger partial charge in [0.1, 0.15) is 0 Å². The Hall–Kier alpha value is -0.980. The molecule has 1 saturated heterocycles. The van der Waals surface area contributed by atoms with E-state index in [2.05, 4.69) is 11.9 Å². The lowest BCUT2D eigenvalue weighted by atomic mass is 9.98. The summed E-state index contributed by atoms with van der Waals surface area (Å²) in [4.78, 5) is 3.98. The van der Waals surface area contributed by atoms with Crippen LogP contribution in [0.4, 0.5) is 0 Å². The Morgan fingerprint density at radius 3 is 2.75 bits per heavy atom. The smallest absolute Gasteiger partial charge is 0.260 e. The summed E-state index contributed by atoms with van der Waals surface area (Å²) in [5.74, 6) is 0.625. The number of aromatic nitrogens is 1. The largest absolute Gasteiger partial charge is 0.392 e. The molecule has 1 aromatic rings. The number of aliphatic hydroxyl groups is 1. The van der Waals surface area contributed by atoms with Crippen molar-refractivity contribution in [2.24, 2.45) is 5.92 Å². The van der Waals surface area contributed by atoms with E-state index >= 15 is 0 Å². The lowest BCUT2D eigenvalue weighted by molar-refractivity contribution is 0.281. The minimum absolute atomic E-state index is 0.0737. The fourth-order valence-corrected chi connectivity index (χ4v) is 3.98. The van der Waals surface area contributed by atoms with Crippen LogP contribution in [0, 0.1) is 5.92 Å². The molecule has 0 aromatic carbocycles. The number of hydrogen-bond donors (Lipinski definition) is 1. The number of nitrogens with zero attached hydrogens (tertiary/aromatic N) is 2. The van der Waals surface area contributed by atoms with Gasteiger partial charge in [-0.2, -0.15) is 4.31 Å². The highest BCUT2D eigenvalue weighted by atomic mass is 32.2. The average molecular weight is 298 g/mol. The summed E-state index contributed by atoms with van der Waals surface area (Å²) < 4.78 is 26.6. The maximum atomic E-state index is 12.5. The molecule has 2 heterocycles. The third kappa shape index (κ3) is 3.37. The first-order valence-electron chi connectivity index (χ1n) is 7.14. The molecule has 5 nitrogen and oxygen atoms in total. The molecule has 2 rings (SSSR count). The molecule has 1 aliphatic rings. The van der Waals surface area contributed by atoms with Crippen molar-refractivity contribution in [3.8, 4) is 0 Å². The van der Waals surface area contributed by atoms with Crippen LogP contribution < -0.4 is 0 Å². The first-order valence-corrected chi connectivity index (χ1v) is 8.58. The molecule has 20 heavy (non-hydrogen) atoms. The van der Waals surface area contributed by atoms with Crippen molar-refractivity contribution >= 4 is 10.0 Å². The Labute approximate surface area is 120 Å². The van der Waals surface area contributed by atoms with Gasteiger partial charge >= 0.3 is 0 Å². The van der Waals surface area contributed by atoms with Gasteiger partial charge in [-0.15, -0.1) is 0 Å². The predicted octanol–water partition coefficient (Wildman–Crippen LogP) is 1.77. The van der Waals surface area contributed by atoms with Gasteiger partial charge in [-0.3, -0.25) is 0 Å². The predicted molar refractivity (Wildman–Crippen MR) is 76.6 cm³/mol. The van der Waals surface area contributed by atoms with E-state index in [4.69, 9.17) is 5.11 Å². The zero-order valence-corrected chi connectivity index (χ0v) is 12.6. The second-order valence-electron chi connectivity index (χ2n) is 5.27. The Morgan fingerprint density at radius 1 is 1.35 bits per heavy atom. The molecule has 1 fully saturated rings. The lowest BCUT2D eigenvalue weighted by Crippen LogP contribution is -2.32. The SMILES string of the molecule is CCC1CCCN(S(=O)(=O)c2ccc(CO)cn2)CC1. The molecule has 1 atom stereocenters. The van der Waals surface area contributed by atoms with Crippen molar-refractivity contribution in [1.29, 1.82) is 0 Å². The van der Waals surface area contributed by atoms with Crippen molar-refractivity contribution < 1.29 is 13.5 Å². The molecule has 1 unspecified atom stereocenters. The summed E-state index contributed by atoms with van der Waals surface area (Å²) in [7, 11) is -3.50. The van der Waals surface area contributed by atoms with Gasteiger partial charge < -0.3 is 5.11 Å². The zero-order valence-electron chi connectivity index (χ0n) is 11.8. The van der Waals surface area contributed by atoms with Crippen LogP contribution in [0.15, 0.2) is 23.4 Å². The molecule has 6 heteroatoms. The van der Waals surface area contributed by atoms with Gasteiger partial charge in [-0.05, 0) is 36.8 Å². The molecular formula is C14H22N2O3S. The van der Waals surface area contributed by atoms with Gasteiger partial charge in [0.15, 0.2) is 5.03 Å². The highest BCUT2D eigenvalue weighted by Gasteiger charge is 2.28. The Balaban J connectivity index is 2.16. The summed E-state index contributed by atoms with van der Waals surface area (Å²) >= 11 is 0. The monoisotopic (exact) mass is 298 g/mol. The molecule has 0 aliphatic carbocycles. The van der Waals surface area contributed by atoms with E-state index in [0.29, 0.717) is 24.6 Å². The minimum Gasteiger partial charge on any atom is -0.392 e. The molecule has 0 spiro atoms. The zero-order chi connectivity index (χ0) is 14.6. The average Bonchev–Trinajstić information content (AvgIpc) is 2.73. The van der Waals surface area contributed by atoms with Crippen molar-refractivity contribution in [2.45, 2.75) is 44.2 Å². The fourth-order valence-electron chi connectivity index (χ4n) is 2.58. The summed E-state index contributed by atoms with van der Waals surface area (Å²) in [6, 6.07) is 3.08. The number of hydrogen-bond acceptors (Lipinski definition) is 4. The van der Waals surface area contributed by atoms with Crippen molar-refractivity contribution in [3.05, 3.63) is 23.9 Å². The Morgan fingerprint density at radius 2 is 2.15 bits per heavy atom. The summed E-state index contributed by atoms with van der Waals surface area (Å²) in [5.41, 5.74) is 0.617. The normalized spacial score (nSPS) is 21.6. The standard InChI is InChI=1S/C14H22N2O3S/c1-2-12-4-3-8-16(9-7-12)20(18,19)14-6-5-13(11-17)10-15-14/h5-6,10,12,17H,2-4,7-9,11H2,1H3. The molecule has 0 bridgehead atoms. The number of aliphatic hydroxyl groups excluding tert-OH is 1. The number of rotatable bonds is 4. The van der Waals surface area contributed by atoms with Gasteiger partial charge in [-0.25, -0.2) is 13.4 Å². The van der Waals surface area contributed by atoms with Gasteiger partial charge in [0.05, 0.1) is 6.61 Å². The van der Waals surface area contributed by atoms with E-state index in [1.54, 1.807) is 10.4 Å². The van der Waals surface area contributed by atoms with Crippen LogP contribution in [0.25, 0.3) is 0 Å². The summed E-state index contributed by atoms with van der Waals surface area (Å²) in [5, 5.41) is 9.05. The number of pyridine rings is 1. The van der Waals surface area contributed by atoms with Crippen LogP contribution in [0.1, 0.15) is 38.2 Å². The van der Waals surface area contributed by atoms with Crippen LogP contribution in [-0.4, -0.2) is 35.9 Å². The molecule has 1 aromatic heterocycles. The van der Waals surface area contributed by atoms with Gasteiger partial charge in [0.2, 0.25) is 0 Å². The maximum absolute atomic E-state index is 12.5. The molecule has 1 aliphatic heterocycles. The maximum Gasteiger partial charge on any atom is 0.260 e. The topological polar surface area (TPSA) is 70.5 Å². The van der Waals surface area contributed by atoms with Crippen molar-refractivity contribution in [2.75, 3.05) is 13.1 Å².